The van der Waals surface area contributed by atoms with E-state index in [9.17, 15) is 9.90 Å². The van der Waals surface area contributed by atoms with E-state index in [2.05, 4.69) is 0 Å². The molecule has 0 radical (unpaired) electrons. The third-order valence-electron chi connectivity index (χ3n) is 3.49. The first kappa shape index (κ1) is 12.6. The molecule has 0 spiro atoms. The molecule has 20 heavy (non-hydrogen) atoms. The minimum absolute atomic E-state index is 0.205. The molecule has 0 aliphatic carbocycles. The van der Waals surface area contributed by atoms with Gasteiger partial charge in [-0.3, -0.25) is 0 Å². The monoisotopic (exact) mass is 266 g/mol. The Morgan fingerprint density at radius 3 is 1.80 bits per heavy atom. The molecule has 0 atom stereocenters. The molecular weight excluding hydrogens is 252 g/mol. The van der Waals surface area contributed by atoms with Crippen molar-refractivity contribution in [2.75, 3.05) is 6.61 Å². The summed E-state index contributed by atoms with van der Waals surface area (Å²) >= 11 is 0. The molecule has 2 aromatic carbocycles. The Kier molecular flexibility index (Phi) is 3.12. The molecule has 0 aromatic heterocycles. The van der Waals surface area contributed by atoms with Crippen LogP contribution in [0.1, 0.15) is 11.1 Å². The Labute approximate surface area is 117 Å². The van der Waals surface area contributed by atoms with Crippen LogP contribution >= 0.6 is 0 Å². The first-order chi connectivity index (χ1) is 9.73. The first-order valence-corrected chi connectivity index (χ1v) is 6.44. The van der Waals surface area contributed by atoms with Gasteiger partial charge in [0.1, 0.15) is 12.2 Å². The van der Waals surface area contributed by atoms with E-state index in [0.29, 0.717) is 11.1 Å². The SMILES string of the molecule is O=C1OCC=C1C(O)(c1ccccc1)c1ccccc1. The van der Waals surface area contributed by atoms with Crippen LogP contribution in [0.15, 0.2) is 72.3 Å². The second-order valence-corrected chi connectivity index (χ2v) is 4.66. The summed E-state index contributed by atoms with van der Waals surface area (Å²) in [7, 11) is 0. The van der Waals surface area contributed by atoms with Crippen LogP contribution in [0.25, 0.3) is 0 Å². The average molecular weight is 266 g/mol. The summed E-state index contributed by atoms with van der Waals surface area (Å²) in [6.07, 6.45) is 1.64. The highest BCUT2D eigenvalue weighted by atomic mass is 16.5. The number of esters is 1. The molecule has 1 aliphatic heterocycles. The van der Waals surface area contributed by atoms with Crippen LogP contribution < -0.4 is 0 Å². The van der Waals surface area contributed by atoms with Crippen molar-refractivity contribution in [2.45, 2.75) is 5.60 Å². The number of carbonyl (C=O) groups is 1. The fourth-order valence-corrected chi connectivity index (χ4v) is 2.49. The Morgan fingerprint density at radius 1 is 0.900 bits per heavy atom. The van der Waals surface area contributed by atoms with Gasteiger partial charge in [-0.05, 0) is 17.2 Å². The lowest BCUT2D eigenvalue weighted by atomic mass is 9.80. The number of cyclic esters (lactones) is 1. The van der Waals surface area contributed by atoms with Crippen molar-refractivity contribution < 1.29 is 14.6 Å². The van der Waals surface area contributed by atoms with Gasteiger partial charge < -0.3 is 9.84 Å². The maximum Gasteiger partial charge on any atom is 0.337 e. The average Bonchev–Trinajstić information content (AvgIpc) is 2.95. The van der Waals surface area contributed by atoms with Gasteiger partial charge in [-0.25, -0.2) is 4.79 Å². The predicted molar refractivity (Wildman–Crippen MR) is 74.9 cm³/mol. The van der Waals surface area contributed by atoms with E-state index in [0.717, 1.165) is 0 Å². The van der Waals surface area contributed by atoms with Crippen LogP contribution in [0.4, 0.5) is 0 Å². The van der Waals surface area contributed by atoms with Crippen molar-refractivity contribution in [3.63, 3.8) is 0 Å². The van der Waals surface area contributed by atoms with Gasteiger partial charge in [-0.1, -0.05) is 60.7 Å². The quantitative estimate of drug-likeness (QED) is 0.868. The number of aliphatic hydroxyl groups is 1. The van der Waals surface area contributed by atoms with Gasteiger partial charge in [-0.15, -0.1) is 0 Å². The molecule has 1 aliphatic rings. The first-order valence-electron chi connectivity index (χ1n) is 6.44. The lowest BCUT2D eigenvalue weighted by Gasteiger charge is -2.29. The number of hydrogen-bond donors (Lipinski definition) is 1. The molecule has 2 aromatic rings. The van der Waals surface area contributed by atoms with E-state index in [1.165, 1.54) is 0 Å². The van der Waals surface area contributed by atoms with Crippen molar-refractivity contribution in [3.8, 4) is 0 Å². The number of hydrogen-bond acceptors (Lipinski definition) is 3. The smallest absolute Gasteiger partial charge is 0.337 e. The summed E-state index contributed by atoms with van der Waals surface area (Å²) in [6.45, 7) is 0.205. The number of carbonyl (C=O) groups excluding carboxylic acids is 1. The molecule has 100 valence electrons. The normalized spacial score (nSPS) is 14.8. The molecule has 1 heterocycles. The van der Waals surface area contributed by atoms with Gasteiger partial charge in [0.15, 0.2) is 0 Å². The van der Waals surface area contributed by atoms with Crippen LogP contribution in [0.2, 0.25) is 0 Å². The molecular formula is C17H14O3. The van der Waals surface area contributed by atoms with Crippen LogP contribution in [-0.4, -0.2) is 17.7 Å². The molecule has 0 amide bonds. The van der Waals surface area contributed by atoms with E-state index in [4.69, 9.17) is 4.74 Å². The third kappa shape index (κ3) is 1.92. The standard InChI is InChI=1S/C17H14O3/c18-16-15(11-12-20-16)17(19,13-7-3-1-4-8-13)14-9-5-2-6-10-14/h1-11,19H,12H2. The maximum absolute atomic E-state index is 11.9. The van der Waals surface area contributed by atoms with Crippen molar-refractivity contribution in [1.82, 2.24) is 0 Å². The molecule has 3 rings (SSSR count). The molecule has 0 bridgehead atoms. The molecule has 0 fully saturated rings. The summed E-state index contributed by atoms with van der Waals surface area (Å²) in [6, 6.07) is 18.3. The largest absolute Gasteiger partial charge is 0.458 e. The van der Waals surface area contributed by atoms with E-state index >= 15 is 0 Å². The molecule has 1 N–H and O–H groups in total. The topological polar surface area (TPSA) is 46.5 Å². The summed E-state index contributed by atoms with van der Waals surface area (Å²) in [5, 5.41) is 11.3. The van der Waals surface area contributed by atoms with E-state index in [1.54, 1.807) is 30.3 Å². The number of rotatable bonds is 3. The fraction of sp³-hybridized carbons (Fsp3) is 0.118. The van der Waals surface area contributed by atoms with E-state index in [1.807, 2.05) is 36.4 Å². The Balaban J connectivity index is 2.21. The molecule has 0 saturated carbocycles. The molecule has 0 unspecified atom stereocenters. The van der Waals surface area contributed by atoms with Gasteiger partial charge >= 0.3 is 5.97 Å². The van der Waals surface area contributed by atoms with Gasteiger partial charge in [-0.2, -0.15) is 0 Å². The maximum atomic E-state index is 11.9. The summed E-state index contributed by atoms with van der Waals surface area (Å²) < 4.78 is 4.96. The Hall–Kier alpha value is -2.39. The zero-order chi connectivity index (χ0) is 14.0. The highest BCUT2D eigenvalue weighted by molar-refractivity contribution is 5.94. The van der Waals surface area contributed by atoms with Gasteiger partial charge in [0, 0.05) is 0 Å². The van der Waals surface area contributed by atoms with Crippen molar-refractivity contribution in [3.05, 3.63) is 83.4 Å². The lowest BCUT2D eigenvalue weighted by molar-refractivity contribution is -0.137. The van der Waals surface area contributed by atoms with Crippen LogP contribution in [0.5, 0.6) is 0 Å². The van der Waals surface area contributed by atoms with E-state index < -0.39 is 11.6 Å². The van der Waals surface area contributed by atoms with Crippen LogP contribution in [0, 0.1) is 0 Å². The fourth-order valence-electron chi connectivity index (χ4n) is 2.49. The minimum atomic E-state index is -1.48. The molecule has 3 heteroatoms. The van der Waals surface area contributed by atoms with E-state index in [-0.39, 0.29) is 12.2 Å². The Morgan fingerprint density at radius 2 is 1.40 bits per heavy atom. The summed E-state index contributed by atoms with van der Waals surface area (Å²) in [5.41, 5.74) is 0.0957. The zero-order valence-corrected chi connectivity index (χ0v) is 10.8. The number of benzene rings is 2. The summed E-state index contributed by atoms with van der Waals surface area (Å²) in [5.74, 6) is -0.472. The Bertz CT molecular complexity index is 605. The number of ether oxygens (including phenoxy) is 1. The second-order valence-electron chi connectivity index (χ2n) is 4.66. The second kappa shape index (κ2) is 4.94. The van der Waals surface area contributed by atoms with Crippen molar-refractivity contribution in [2.24, 2.45) is 0 Å². The molecule has 0 saturated heterocycles. The van der Waals surface area contributed by atoms with Crippen molar-refractivity contribution >= 4 is 5.97 Å². The van der Waals surface area contributed by atoms with Gasteiger partial charge in [0.25, 0.3) is 0 Å². The lowest BCUT2D eigenvalue weighted by Crippen LogP contribution is -2.32. The van der Waals surface area contributed by atoms with Gasteiger partial charge in [0.05, 0.1) is 5.57 Å². The van der Waals surface area contributed by atoms with Gasteiger partial charge in [0.2, 0.25) is 0 Å². The zero-order valence-electron chi connectivity index (χ0n) is 10.8. The third-order valence-corrected chi connectivity index (χ3v) is 3.49. The predicted octanol–water partition coefficient (Wildman–Crippen LogP) is 2.41. The highest BCUT2D eigenvalue weighted by Crippen LogP contribution is 2.38. The minimum Gasteiger partial charge on any atom is -0.458 e. The molecule has 3 nitrogen and oxygen atoms in total. The highest BCUT2D eigenvalue weighted by Gasteiger charge is 2.41. The van der Waals surface area contributed by atoms with Crippen LogP contribution in [0.3, 0.4) is 0 Å². The summed E-state index contributed by atoms with van der Waals surface area (Å²) in [4.78, 5) is 11.9. The van der Waals surface area contributed by atoms with Crippen LogP contribution in [-0.2, 0) is 15.1 Å². The van der Waals surface area contributed by atoms with Crippen molar-refractivity contribution in [1.29, 1.82) is 0 Å².